The Hall–Kier alpha value is -1.50. The van der Waals surface area contributed by atoms with Crippen molar-refractivity contribution >= 4 is 11.9 Å². The molecule has 0 aliphatic carbocycles. The first kappa shape index (κ1) is 39.5. The van der Waals surface area contributed by atoms with Crippen LogP contribution in [0.2, 0.25) is 0 Å². The molecule has 0 aromatic heterocycles. The number of carbonyl (C=O) groups is 2. The van der Waals surface area contributed by atoms with Crippen LogP contribution >= 0.6 is 0 Å². The van der Waals surface area contributed by atoms with E-state index in [0.29, 0.717) is 45.8 Å². The van der Waals surface area contributed by atoms with Gasteiger partial charge in [-0.1, -0.05) is 32.6 Å². The lowest BCUT2D eigenvalue weighted by Crippen LogP contribution is -2.55. The number of carbonyl (C=O) groups excluding carboxylic acids is 1. The molecule has 254 valence electrons. The number of carboxylic acid groups (broad SMARTS) is 1. The van der Waals surface area contributed by atoms with Gasteiger partial charge in [-0.15, -0.1) is 0 Å². The van der Waals surface area contributed by atoms with Crippen LogP contribution < -0.4 is 5.32 Å². The average molecular weight is 624 g/mol. The van der Waals surface area contributed by atoms with Gasteiger partial charge in [-0.3, -0.25) is 34.4 Å². The van der Waals surface area contributed by atoms with Crippen molar-refractivity contribution in [3.63, 3.8) is 0 Å². The van der Waals surface area contributed by atoms with Crippen molar-refractivity contribution in [3.05, 3.63) is 0 Å². The van der Waals surface area contributed by atoms with Crippen molar-refractivity contribution in [2.45, 2.75) is 57.2 Å². The van der Waals surface area contributed by atoms with Gasteiger partial charge in [-0.2, -0.15) is 0 Å². The topological polar surface area (TPSA) is 199 Å². The number of nitrogens with zero attached hydrogens (tertiary/aromatic N) is 4. The molecule has 3 atom stereocenters. The summed E-state index contributed by atoms with van der Waals surface area (Å²) >= 11 is 0. The Morgan fingerprint density at radius 2 is 1.40 bits per heavy atom. The molecule has 0 bridgehead atoms. The number of nitrogens with one attached hydrogen (secondary N) is 1. The second kappa shape index (κ2) is 24.8. The summed E-state index contributed by atoms with van der Waals surface area (Å²) in [5, 5.41) is 60.8. The molecule has 0 spiro atoms. The van der Waals surface area contributed by atoms with Gasteiger partial charge in [0.2, 0.25) is 5.91 Å². The van der Waals surface area contributed by atoms with Gasteiger partial charge in [0.1, 0.15) is 6.04 Å². The van der Waals surface area contributed by atoms with Gasteiger partial charge in [0.05, 0.1) is 58.8 Å². The minimum absolute atomic E-state index is 0.0196. The second-order valence-electron chi connectivity index (χ2n) is 10.9. The lowest BCUT2D eigenvalue weighted by molar-refractivity contribution is -0.254. The molecule has 43 heavy (non-hydrogen) atoms. The molecule has 1 aliphatic rings. The SMILES string of the molecule is CCCCCCC(CO)N1CCN(CC(=O)NCCOCCO)CCN(C(CO)C(=O)O)CCN(C(CO)COO)CC1. The number of rotatable bonds is 21. The third-order valence-electron chi connectivity index (χ3n) is 7.94. The molecular weight excluding hydrogens is 566 g/mol. The van der Waals surface area contributed by atoms with E-state index in [1.165, 1.54) is 0 Å². The molecule has 15 heteroatoms. The third kappa shape index (κ3) is 16.4. The van der Waals surface area contributed by atoms with Crippen molar-refractivity contribution in [2.75, 3.05) is 112 Å². The number of ether oxygens (including phenoxy) is 1. The van der Waals surface area contributed by atoms with Gasteiger partial charge in [0.15, 0.2) is 0 Å². The molecule has 1 aliphatic heterocycles. The molecule has 15 nitrogen and oxygen atoms in total. The smallest absolute Gasteiger partial charge is 0.323 e. The van der Waals surface area contributed by atoms with Gasteiger partial charge >= 0.3 is 5.97 Å². The first-order valence-electron chi connectivity index (χ1n) is 15.6. The molecule has 1 amide bonds. The van der Waals surface area contributed by atoms with Gasteiger partial charge in [-0.25, -0.2) is 4.89 Å². The summed E-state index contributed by atoms with van der Waals surface area (Å²) in [7, 11) is 0. The molecule has 0 aromatic rings. The van der Waals surface area contributed by atoms with Crippen LogP contribution in [0.4, 0.5) is 0 Å². The van der Waals surface area contributed by atoms with Crippen LogP contribution in [0.25, 0.3) is 0 Å². The number of aliphatic carboxylic acids is 1. The molecule has 7 N–H and O–H groups in total. The lowest BCUT2D eigenvalue weighted by Gasteiger charge is -2.39. The largest absolute Gasteiger partial charge is 0.480 e. The standard InChI is InChI=1S/C28H57N5O10/c1-2-3-4-5-6-24(20-35)31-10-8-30(19-27(38)29-7-17-42-18-16-34)9-11-33(26(22-37)28(39)40)15-14-32(13-12-31)25(21-36)23-43-41/h24-26,34-37,41H,2-23H2,1H3,(H,29,38)(H,39,40). The zero-order valence-corrected chi connectivity index (χ0v) is 25.9. The minimum Gasteiger partial charge on any atom is -0.480 e. The summed E-state index contributed by atoms with van der Waals surface area (Å²) in [5.41, 5.74) is 0. The maximum Gasteiger partial charge on any atom is 0.323 e. The molecule has 1 rings (SSSR count). The van der Waals surface area contributed by atoms with E-state index in [0.717, 1.165) is 32.1 Å². The molecule has 0 aromatic carbocycles. The molecular formula is C28H57N5O10. The third-order valence-corrected chi connectivity index (χ3v) is 7.94. The van der Waals surface area contributed by atoms with E-state index in [-0.39, 0.29) is 71.2 Å². The molecule has 3 unspecified atom stereocenters. The summed E-state index contributed by atoms with van der Waals surface area (Å²) in [6.45, 7) is 5.08. The molecule has 1 fully saturated rings. The second-order valence-corrected chi connectivity index (χ2v) is 10.9. The van der Waals surface area contributed by atoms with Crippen molar-refractivity contribution in [1.29, 1.82) is 0 Å². The Balaban J connectivity index is 3.18. The van der Waals surface area contributed by atoms with Gasteiger partial charge in [0.25, 0.3) is 0 Å². The summed E-state index contributed by atoms with van der Waals surface area (Å²) < 4.78 is 5.20. The normalized spacial score (nSPS) is 19.3. The Bertz CT molecular complexity index is 725. The zero-order valence-electron chi connectivity index (χ0n) is 25.9. The highest BCUT2D eigenvalue weighted by Gasteiger charge is 2.29. The highest BCUT2D eigenvalue weighted by molar-refractivity contribution is 5.78. The minimum atomic E-state index is -1.16. The number of aliphatic hydroxyl groups excluding tert-OH is 4. The average Bonchev–Trinajstić information content (AvgIpc) is 2.99. The van der Waals surface area contributed by atoms with Crippen molar-refractivity contribution < 1.29 is 50.0 Å². The van der Waals surface area contributed by atoms with Crippen molar-refractivity contribution in [2.24, 2.45) is 0 Å². The van der Waals surface area contributed by atoms with Crippen LogP contribution in [-0.2, 0) is 19.2 Å². The van der Waals surface area contributed by atoms with Crippen molar-refractivity contribution in [1.82, 2.24) is 24.9 Å². The molecule has 0 saturated carbocycles. The van der Waals surface area contributed by atoms with Crippen LogP contribution in [-0.4, -0.2) is 192 Å². The van der Waals surface area contributed by atoms with Gasteiger partial charge in [0, 0.05) is 64.9 Å². The maximum absolute atomic E-state index is 12.8. The maximum atomic E-state index is 12.8. The Kier molecular flexibility index (Phi) is 22.8. The van der Waals surface area contributed by atoms with Crippen LogP contribution in [0.3, 0.4) is 0 Å². The number of hydrogen-bond acceptors (Lipinski definition) is 13. The van der Waals surface area contributed by atoms with Crippen LogP contribution in [0, 0.1) is 0 Å². The zero-order chi connectivity index (χ0) is 31.9. The summed E-state index contributed by atoms with van der Waals surface area (Å²) in [6, 6.07) is -1.78. The first-order chi connectivity index (χ1) is 20.8. The molecule has 0 radical (unpaired) electrons. The van der Waals surface area contributed by atoms with E-state index < -0.39 is 24.7 Å². The highest BCUT2D eigenvalue weighted by atomic mass is 17.1. The Labute approximate surface area is 255 Å². The number of amides is 1. The van der Waals surface area contributed by atoms with E-state index in [1.807, 2.05) is 9.80 Å². The van der Waals surface area contributed by atoms with Crippen LogP contribution in [0.5, 0.6) is 0 Å². The number of aliphatic hydroxyl groups is 4. The van der Waals surface area contributed by atoms with Crippen LogP contribution in [0.1, 0.15) is 39.0 Å². The van der Waals surface area contributed by atoms with Crippen molar-refractivity contribution in [3.8, 4) is 0 Å². The summed E-state index contributed by atoms with van der Waals surface area (Å²) in [6.07, 6.45) is 5.11. The van der Waals surface area contributed by atoms with E-state index in [1.54, 1.807) is 4.90 Å². The number of carboxylic acids is 1. The van der Waals surface area contributed by atoms with E-state index in [2.05, 4.69) is 22.0 Å². The van der Waals surface area contributed by atoms with Gasteiger partial charge in [-0.05, 0) is 6.42 Å². The fraction of sp³-hybridized carbons (Fsp3) is 0.929. The van der Waals surface area contributed by atoms with E-state index >= 15 is 0 Å². The number of hydrogen-bond donors (Lipinski definition) is 7. The fourth-order valence-electron chi connectivity index (χ4n) is 5.29. The Morgan fingerprint density at radius 3 is 1.95 bits per heavy atom. The highest BCUT2D eigenvalue weighted by Crippen LogP contribution is 2.14. The number of unbranched alkanes of at least 4 members (excludes halogenated alkanes) is 3. The Morgan fingerprint density at radius 1 is 0.791 bits per heavy atom. The van der Waals surface area contributed by atoms with Gasteiger partial charge < -0.3 is 35.6 Å². The molecule has 1 heterocycles. The lowest BCUT2D eigenvalue weighted by atomic mass is 10.1. The summed E-state index contributed by atoms with van der Waals surface area (Å²) in [5.74, 6) is -1.38. The predicted molar refractivity (Wildman–Crippen MR) is 160 cm³/mol. The fourth-order valence-corrected chi connectivity index (χ4v) is 5.29. The molecule has 1 saturated heterocycles. The predicted octanol–water partition coefficient (Wildman–Crippen LogP) is -2.04. The summed E-state index contributed by atoms with van der Waals surface area (Å²) in [4.78, 5) is 36.8. The quantitative estimate of drug-likeness (QED) is 0.0419. The van der Waals surface area contributed by atoms with Crippen LogP contribution in [0.15, 0.2) is 0 Å². The van der Waals surface area contributed by atoms with E-state index in [4.69, 9.17) is 15.1 Å². The monoisotopic (exact) mass is 623 g/mol. The first-order valence-corrected chi connectivity index (χ1v) is 15.6. The van der Waals surface area contributed by atoms with E-state index in [9.17, 15) is 30.0 Å².